The van der Waals surface area contributed by atoms with Crippen molar-refractivity contribution in [3.05, 3.63) is 70.8 Å². The monoisotopic (exact) mass is 426 g/mol. The van der Waals surface area contributed by atoms with Crippen LogP contribution in [0.25, 0.3) is 5.57 Å². The zero-order valence-corrected chi connectivity index (χ0v) is 16.1. The Morgan fingerprint density at radius 2 is 1.76 bits per heavy atom. The van der Waals surface area contributed by atoms with Gasteiger partial charge >= 0.3 is 21.6 Å². The van der Waals surface area contributed by atoms with Crippen molar-refractivity contribution < 1.29 is 35.3 Å². The Morgan fingerprint density at radius 1 is 1.07 bits per heavy atom. The lowest BCUT2D eigenvalue weighted by Crippen LogP contribution is -2.28. The number of methoxy groups -OCH3 is 1. The van der Waals surface area contributed by atoms with Gasteiger partial charge in [0.1, 0.15) is 5.75 Å². The number of hydrogen-bond acceptors (Lipinski definition) is 5. The number of benzene rings is 2. The number of halogens is 3. The first-order chi connectivity index (χ1) is 13.6. The van der Waals surface area contributed by atoms with Crippen molar-refractivity contribution in [2.24, 2.45) is 0 Å². The van der Waals surface area contributed by atoms with Gasteiger partial charge in [-0.3, -0.25) is 0 Å². The van der Waals surface area contributed by atoms with Gasteiger partial charge in [0.05, 0.1) is 12.7 Å². The first-order valence-electron chi connectivity index (χ1n) is 8.65. The van der Waals surface area contributed by atoms with Crippen LogP contribution in [0.3, 0.4) is 0 Å². The van der Waals surface area contributed by atoms with Gasteiger partial charge in [-0.1, -0.05) is 24.3 Å². The quantitative estimate of drug-likeness (QED) is 0.410. The predicted molar refractivity (Wildman–Crippen MR) is 99.8 cm³/mol. The van der Waals surface area contributed by atoms with Gasteiger partial charge in [-0.2, -0.15) is 21.6 Å². The zero-order chi connectivity index (χ0) is 21.2. The normalized spacial score (nSPS) is 14.4. The van der Waals surface area contributed by atoms with Crippen LogP contribution in [0.2, 0.25) is 0 Å². The Kier molecular flexibility index (Phi) is 5.70. The number of allylic oxidation sites excluding steroid dienone is 1. The molecule has 2 aromatic carbocycles. The van der Waals surface area contributed by atoms with E-state index in [0.717, 1.165) is 36.0 Å². The highest BCUT2D eigenvalue weighted by molar-refractivity contribution is 7.88. The summed E-state index contributed by atoms with van der Waals surface area (Å²) in [6.07, 6.45) is 4.40. The predicted octanol–water partition coefficient (Wildman–Crippen LogP) is 4.47. The third-order valence-corrected chi connectivity index (χ3v) is 5.45. The highest BCUT2D eigenvalue weighted by Crippen LogP contribution is 2.33. The second-order valence-corrected chi connectivity index (χ2v) is 7.92. The molecule has 0 aromatic heterocycles. The van der Waals surface area contributed by atoms with Crippen molar-refractivity contribution in [2.45, 2.75) is 24.8 Å². The van der Waals surface area contributed by atoms with E-state index in [1.807, 2.05) is 6.08 Å². The number of carbonyl (C=O) groups is 1. The first-order valence-corrected chi connectivity index (χ1v) is 10.1. The molecule has 0 unspecified atom stereocenters. The lowest BCUT2D eigenvalue weighted by atomic mass is 9.92. The number of esters is 1. The second-order valence-electron chi connectivity index (χ2n) is 6.38. The summed E-state index contributed by atoms with van der Waals surface area (Å²) in [5, 5.41) is 0. The van der Waals surface area contributed by atoms with E-state index in [1.165, 1.54) is 31.4 Å². The van der Waals surface area contributed by atoms with E-state index in [9.17, 15) is 26.4 Å². The molecule has 0 bridgehead atoms. The molecule has 0 aliphatic heterocycles. The van der Waals surface area contributed by atoms with E-state index in [4.69, 9.17) is 4.74 Å². The molecule has 154 valence electrons. The molecule has 0 spiro atoms. The minimum Gasteiger partial charge on any atom is -0.465 e. The third kappa shape index (κ3) is 4.45. The molecule has 2 aromatic rings. The van der Waals surface area contributed by atoms with E-state index in [-0.39, 0.29) is 0 Å². The van der Waals surface area contributed by atoms with E-state index in [0.29, 0.717) is 11.1 Å². The Morgan fingerprint density at radius 3 is 2.38 bits per heavy atom. The SMILES string of the molecule is COC(=O)c1ccc2c(c1)CCCC=C2c1ccc(OS(=O)(=O)C(F)(F)F)cc1. The van der Waals surface area contributed by atoms with Crippen LogP contribution in [0, 0.1) is 0 Å². The molecular formula is C20H17F3O5S. The fraction of sp³-hybridized carbons (Fsp3) is 0.250. The van der Waals surface area contributed by atoms with Crippen LogP contribution in [-0.2, 0) is 21.3 Å². The van der Waals surface area contributed by atoms with E-state index >= 15 is 0 Å². The average Bonchev–Trinajstić information content (AvgIpc) is 2.88. The van der Waals surface area contributed by atoms with E-state index in [2.05, 4.69) is 4.18 Å². The minimum atomic E-state index is -5.72. The van der Waals surface area contributed by atoms with Gasteiger partial charge in [0.25, 0.3) is 0 Å². The fourth-order valence-electron chi connectivity index (χ4n) is 3.09. The molecule has 1 aliphatic rings. The van der Waals surface area contributed by atoms with Gasteiger partial charge in [0, 0.05) is 0 Å². The molecular weight excluding hydrogens is 409 g/mol. The topological polar surface area (TPSA) is 69.7 Å². The van der Waals surface area contributed by atoms with E-state index < -0.39 is 27.3 Å². The molecule has 0 radical (unpaired) electrons. The largest absolute Gasteiger partial charge is 0.534 e. The molecule has 0 amide bonds. The van der Waals surface area contributed by atoms with Gasteiger partial charge < -0.3 is 8.92 Å². The van der Waals surface area contributed by atoms with Crippen LogP contribution in [0.15, 0.2) is 48.5 Å². The minimum absolute atomic E-state index is 0.429. The number of rotatable bonds is 4. The molecule has 0 saturated carbocycles. The maximum absolute atomic E-state index is 12.5. The van der Waals surface area contributed by atoms with Gasteiger partial charge in [0.15, 0.2) is 0 Å². The molecule has 0 heterocycles. The molecule has 3 rings (SSSR count). The van der Waals surface area contributed by atoms with Crippen molar-refractivity contribution in [3.63, 3.8) is 0 Å². The van der Waals surface area contributed by atoms with Crippen LogP contribution < -0.4 is 4.18 Å². The number of carbonyl (C=O) groups excluding carboxylic acids is 1. The van der Waals surface area contributed by atoms with Crippen molar-refractivity contribution in [3.8, 4) is 5.75 Å². The van der Waals surface area contributed by atoms with Crippen LogP contribution in [-0.4, -0.2) is 27.0 Å². The number of ether oxygens (including phenoxy) is 1. The van der Waals surface area contributed by atoms with Crippen LogP contribution in [0.4, 0.5) is 13.2 Å². The first kappa shape index (κ1) is 20.9. The Balaban J connectivity index is 1.92. The molecule has 29 heavy (non-hydrogen) atoms. The standard InChI is InChI=1S/C20H17F3O5S/c1-27-19(24)15-8-11-18-14(12-15)4-2-3-5-17(18)13-6-9-16(10-7-13)28-29(25,26)20(21,22)23/h5-12H,2-4H2,1H3. The summed E-state index contributed by atoms with van der Waals surface area (Å²) in [7, 11) is -4.41. The summed E-state index contributed by atoms with van der Waals surface area (Å²) in [5.74, 6) is -0.864. The highest BCUT2D eigenvalue weighted by Gasteiger charge is 2.48. The Hall–Kier alpha value is -2.81. The van der Waals surface area contributed by atoms with E-state index in [1.54, 1.807) is 18.2 Å². The van der Waals surface area contributed by atoms with Gasteiger partial charge in [-0.15, -0.1) is 0 Å². The molecule has 9 heteroatoms. The number of fused-ring (bicyclic) bond motifs is 1. The van der Waals surface area contributed by atoms with Crippen molar-refractivity contribution in [2.75, 3.05) is 7.11 Å². The summed E-state index contributed by atoms with van der Waals surface area (Å²) in [6.45, 7) is 0. The Bertz CT molecular complexity index is 1050. The lowest BCUT2D eigenvalue weighted by molar-refractivity contribution is -0.0500. The van der Waals surface area contributed by atoms with Gasteiger partial charge in [0.2, 0.25) is 0 Å². The summed E-state index contributed by atoms with van der Waals surface area (Å²) in [6, 6.07) is 10.6. The van der Waals surface area contributed by atoms with Gasteiger partial charge in [-0.25, -0.2) is 4.79 Å². The summed E-state index contributed by atoms with van der Waals surface area (Å²) < 4.78 is 68.5. The smallest absolute Gasteiger partial charge is 0.465 e. The van der Waals surface area contributed by atoms with Crippen molar-refractivity contribution >= 4 is 21.7 Å². The van der Waals surface area contributed by atoms with Crippen molar-refractivity contribution in [1.82, 2.24) is 0 Å². The fourth-order valence-corrected chi connectivity index (χ4v) is 3.55. The zero-order valence-electron chi connectivity index (χ0n) is 15.3. The maximum Gasteiger partial charge on any atom is 0.534 e. The summed E-state index contributed by atoms with van der Waals surface area (Å²) in [5.41, 5.74) is -1.67. The summed E-state index contributed by atoms with van der Waals surface area (Å²) in [4.78, 5) is 11.8. The molecule has 0 fully saturated rings. The average molecular weight is 426 g/mol. The summed E-state index contributed by atoms with van der Waals surface area (Å²) >= 11 is 0. The van der Waals surface area contributed by atoms with Crippen LogP contribution >= 0.6 is 0 Å². The maximum atomic E-state index is 12.5. The third-order valence-electron chi connectivity index (χ3n) is 4.47. The number of alkyl halides is 3. The second kappa shape index (κ2) is 7.90. The van der Waals surface area contributed by atoms with Crippen LogP contribution in [0.1, 0.15) is 39.9 Å². The van der Waals surface area contributed by atoms with Gasteiger partial charge in [-0.05, 0) is 65.8 Å². The molecule has 5 nitrogen and oxygen atoms in total. The lowest BCUT2D eigenvalue weighted by Gasteiger charge is -2.14. The number of hydrogen-bond donors (Lipinski definition) is 0. The molecule has 1 aliphatic carbocycles. The van der Waals surface area contributed by atoms with Crippen molar-refractivity contribution in [1.29, 1.82) is 0 Å². The molecule has 0 N–H and O–H groups in total. The van der Waals surface area contributed by atoms with Crippen LogP contribution in [0.5, 0.6) is 5.75 Å². The Labute approximate surface area is 165 Å². The number of aryl methyl sites for hydroxylation is 1. The molecule has 0 atom stereocenters. The highest BCUT2D eigenvalue weighted by atomic mass is 32.2. The molecule has 0 saturated heterocycles.